The highest BCUT2D eigenvalue weighted by Crippen LogP contribution is 2.10. The molecule has 1 fully saturated rings. The number of amides is 2. The first kappa shape index (κ1) is 8.96. The van der Waals surface area contributed by atoms with Gasteiger partial charge in [0.1, 0.15) is 0 Å². The molecule has 68 valence electrons. The van der Waals surface area contributed by atoms with Crippen molar-refractivity contribution in [2.24, 2.45) is 5.29 Å². The molecule has 2 amide bonds. The molecule has 0 atom stereocenters. The smallest absolute Gasteiger partial charge is 0.323 e. The average molecular weight is 171 g/mol. The molecule has 0 aromatic heterocycles. The number of rotatable bonds is 1. The highest BCUT2D eigenvalue weighted by molar-refractivity contribution is 5.73. The van der Waals surface area contributed by atoms with Crippen LogP contribution in [-0.4, -0.2) is 36.1 Å². The molecule has 5 nitrogen and oxygen atoms in total. The zero-order valence-electron chi connectivity index (χ0n) is 7.19. The summed E-state index contributed by atoms with van der Waals surface area (Å²) in [4.78, 5) is 23.0. The second-order valence-corrected chi connectivity index (χ2v) is 2.94. The molecule has 0 spiro atoms. The quantitative estimate of drug-likeness (QED) is 0.439. The number of urea groups is 1. The second kappa shape index (κ2) is 4.04. The average Bonchev–Trinajstić information content (AvgIpc) is 2.17. The fourth-order valence-corrected chi connectivity index (χ4v) is 1.32. The minimum absolute atomic E-state index is 0.287. The summed E-state index contributed by atoms with van der Waals surface area (Å²) in [6, 6.07) is -0.287. The summed E-state index contributed by atoms with van der Waals surface area (Å²) in [6.45, 7) is 1.50. The van der Waals surface area contributed by atoms with Gasteiger partial charge in [-0.05, 0) is 19.3 Å². The van der Waals surface area contributed by atoms with Crippen LogP contribution in [0.15, 0.2) is 5.29 Å². The summed E-state index contributed by atoms with van der Waals surface area (Å²) in [5.74, 6) is 0. The molecule has 12 heavy (non-hydrogen) atoms. The van der Waals surface area contributed by atoms with Gasteiger partial charge in [0.2, 0.25) is 0 Å². The Morgan fingerprint density at radius 1 is 1.33 bits per heavy atom. The number of piperidine rings is 1. The molecule has 1 aliphatic heterocycles. The van der Waals surface area contributed by atoms with E-state index in [9.17, 15) is 9.70 Å². The van der Waals surface area contributed by atoms with E-state index in [1.807, 2.05) is 0 Å². The van der Waals surface area contributed by atoms with Gasteiger partial charge in [-0.25, -0.2) is 4.79 Å². The van der Waals surface area contributed by atoms with Crippen molar-refractivity contribution < 1.29 is 4.79 Å². The van der Waals surface area contributed by atoms with Crippen molar-refractivity contribution >= 4 is 6.03 Å². The lowest BCUT2D eigenvalue weighted by Gasteiger charge is -2.27. The normalized spacial score (nSPS) is 17.2. The number of likely N-dealkylation sites (tertiary alicyclic amines) is 1. The lowest BCUT2D eigenvalue weighted by molar-refractivity contribution is 0.153. The zero-order valence-corrected chi connectivity index (χ0v) is 7.19. The van der Waals surface area contributed by atoms with Crippen LogP contribution in [0.25, 0.3) is 0 Å². The van der Waals surface area contributed by atoms with Crippen molar-refractivity contribution in [3.8, 4) is 0 Å². The van der Waals surface area contributed by atoms with Crippen LogP contribution in [-0.2, 0) is 0 Å². The summed E-state index contributed by atoms with van der Waals surface area (Å²) in [5.41, 5.74) is 0. The summed E-state index contributed by atoms with van der Waals surface area (Å²) >= 11 is 0. The molecule has 0 bridgehead atoms. The van der Waals surface area contributed by atoms with E-state index in [0.29, 0.717) is 0 Å². The van der Waals surface area contributed by atoms with E-state index in [1.165, 1.54) is 13.5 Å². The maximum absolute atomic E-state index is 11.3. The predicted octanol–water partition coefficient (Wildman–Crippen LogP) is 1.21. The van der Waals surface area contributed by atoms with Gasteiger partial charge in [-0.2, -0.15) is 5.01 Å². The van der Waals surface area contributed by atoms with Crippen LogP contribution in [0, 0.1) is 4.91 Å². The van der Waals surface area contributed by atoms with E-state index in [0.717, 1.165) is 30.9 Å². The van der Waals surface area contributed by atoms with Crippen molar-refractivity contribution in [2.45, 2.75) is 19.3 Å². The number of hydrogen-bond donors (Lipinski definition) is 0. The monoisotopic (exact) mass is 171 g/mol. The third kappa shape index (κ3) is 1.93. The highest BCUT2D eigenvalue weighted by atomic mass is 16.3. The molecule has 0 radical (unpaired) electrons. The Bertz CT molecular complexity index is 177. The zero-order chi connectivity index (χ0) is 8.97. The van der Waals surface area contributed by atoms with Crippen LogP contribution in [0.1, 0.15) is 19.3 Å². The Morgan fingerprint density at radius 3 is 2.42 bits per heavy atom. The molecule has 1 aliphatic rings. The SMILES string of the molecule is CN(N=O)C(=O)N1CCCCC1. The van der Waals surface area contributed by atoms with Gasteiger partial charge in [0.05, 0.1) is 5.29 Å². The topological polar surface area (TPSA) is 53.0 Å². The fraction of sp³-hybridized carbons (Fsp3) is 0.857. The van der Waals surface area contributed by atoms with Crippen molar-refractivity contribution in [1.29, 1.82) is 0 Å². The third-order valence-electron chi connectivity index (χ3n) is 2.03. The molecule has 0 saturated carbocycles. The van der Waals surface area contributed by atoms with Crippen LogP contribution in [0.5, 0.6) is 0 Å². The molecule has 1 saturated heterocycles. The molecule has 0 aromatic rings. The molecule has 0 N–H and O–H groups in total. The summed E-state index contributed by atoms with van der Waals surface area (Å²) in [6.07, 6.45) is 3.22. The molecule has 0 unspecified atom stereocenters. The van der Waals surface area contributed by atoms with Crippen LogP contribution in [0.2, 0.25) is 0 Å². The number of nitroso groups, excluding NO2 is 1. The van der Waals surface area contributed by atoms with E-state index >= 15 is 0 Å². The van der Waals surface area contributed by atoms with Crippen LogP contribution in [0.3, 0.4) is 0 Å². The summed E-state index contributed by atoms with van der Waals surface area (Å²) in [5, 5.41) is 3.39. The number of carbonyl (C=O) groups excluding carboxylic acids is 1. The number of carbonyl (C=O) groups is 1. The van der Waals surface area contributed by atoms with Gasteiger partial charge >= 0.3 is 6.03 Å². The van der Waals surface area contributed by atoms with Crippen molar-refractivity contribution in [3.63, 3.8) is 0 Å². The number of hydrogen-bond acceptors (Lipinski definition) is 3. The Hall–Kier alpha value is -1.13. The molecule has 1 heterocycles. The standard InChI is InChI=1S/C7H13N3O2/c1-9(8-12)7(11)10-5-3-2-4-6-10/h2-6H2,1H3. The third-order valence-corrected chi connectivity index (χ3v) is 2.03. The van der Waals surface area contributed by atoms with E-state index in [2.05, 4.69) is 5.29 Å². The summed E-state index contributed by atoms with van der Waals surface area (Å²) < 4.78 is 0. The fourth-order valence-electron chi connectivity index (χ4n) is 1.32. The van der Waals surface area contributed by atoms with E-state index in [4.69, 9.17) is 0 Å². The minimum atomic E-state index is -0.287. The Kier molecular flexibility index (Phi) is 3.01. The van der Waals surface area contributed by atoms with E-state index in [1.54, 1.807) is 4.90 Å². The molecular weight excluding hydrogens is 158 g/mol. The van der Waals surface area contributed by atoms with Crippen molar-refractivity contribution in [2.75, 3.05) is 20.1 Å². The molecular formula is C7H13N3O2. The second-order valence-electron chi connectivity index (χ2n) is 2.94. The van der Waals surface area contributed by atoms with Crippen molar-refractivity contribution in [3.05, 3.63) is 4.91 Å². The van der Waals surface area contributed by atoms with Gasteiger partial charge in [-0.15, -0.1) is 4.91 Å². The maximum Gasteiger partial charge on any atom is 0.342 e. The van der Waals surface area contributed by atoms with Gasteiger partial charge in [0, 0.05) is 20.1 Å². The van der Waals surface area contributed by atoms with Crippen LogP contribution >= 0.6 is 0 Å². The molecule has 1 rings (SSSR count). The first-order valence-electron chi connectivity index (χ1n) is 4.11. The highest BCUT2D eigenvalue weighted by Gasteiger charge is 2.19. The molecule has 5 heteroatoms. The largest absolute Gasteiger partial charge is 0.342 e. The van der Waals surface area contributed by atoms with Gasteiger partial charge in [0.25, 0.3) is 0 Å². The predicted molar refractivity (Wildman–Crippen MR) is 44.4 cm³/mol. The Balaban J connectivity index is 2.44. The minimum Gasteiger partial charge on any atom is -0.323 e. The van der Waals surface area contributed by atoms with Crippen molar-refractivity contribution in [1.82, 2.24) is 9.91 Å². The van der Waals surface area contributed by atoms with Crippen LogP contribution < -0.4 is 0 Å². The lowest BCUT2D eigenvalue weighted by Crippen LogP contribution is -2.41. The van der Waals surface area contributed by atoms with Gasteiger partial charge in [-0.3, -0.25) is 0 Å². The Labute approximate surface area is 71.3 Å². The molecule has 0 aromatic carbocycles. The first-order chi connectivity index (χ1) is 5.75. The van der Waals surface area contributed by atoms with Gasteiger partial charge in [0.15, 0.2) is 0 Å². The van der Waals surface area contributed by atoms with Gasteiger partial charge in [-0.1, -0.05) is 0 Å². The van der Waals surface area contributed by atoms with E-state index in [-0.39, 0.29) is 6.03 Å². The summed E-state index contributed by atoms with van der Waals surface area (Å²) in [7, 11) is 1.38. The first-order valence-corrected chi connectivity index (χ1v) is 4.11. The lowest BCUT2D eigenvalue weighted by atomic mass is 10.1. The molecule has 0 aliphatic carbocycles. The van der Waals surface area contributed by atoms with E-state index < -0.39 is 0 Å². The van der Waals surface area contributed by atoms with Crippen LogP contribution in [0.4, 0.5) is 4.79 Å². The number of nitrogens with zero attached hydrogens (tertiary/aromatic N) is 3. The van der Waals surface area contributed by atoms with Gasteiger partial charge < -0.3 is 4.90 Å². The maximum atomic E-state index is 11.3. The Morgan fingerprint density at radius 2 is 1.92 bits per heavy atom.